The van der Waals surface area contributed by atoms with Crippen LogP contribution in [0, 0.1) is 12.8 Å². The number of nitrogens with one attached hydrogen (secondary N) is 4. The van der Waals surface area contributed by atoms with E-state index >= 15 is 0 Å². The van der Waals surface area contributed by atoms with Crippen molar-refractivity contribution in [1.29, 1.82) is 0 Å². The van der Waals surface area contributed by atoms with Crippen molar-refractivity contribution in [3.8, 4) is 17.0 Å². The fraction of sp³-hybridized carbons (Fsp3) is 0.432. The van der Waals surface area contributed by atoms with Crippen LogP contribution in [-0.2, 0) is 21.5 Å². The van der Waals surface area contributed by atoms with Gasteiger partial charge in [-0.2, -0.15) is 4.98 Å². The Bertz CT molecular complexity index is 2230. The zero-order valence-electron chi connectivity index (χ0n) is 33.5. The number of fused-ring (bicyclic) bond motifs is 3. The standard InChI is InChI=1S/C44H51N9O5/c1-26-22-29(6-7-30(26)24-45-41(56)42-51-43(52-58-42)44(2,3)4)38-37-33-13-8-28(23-35(33)49-39(37)47-25-46-38)27-16-19-53(20-17-27)18-5-21-57-32-11-9-31(10-12-32)48-34-14-15-36(54)50-40(34)55/h6-13,22-23,25,27,33-35,48H,5,14-21,24H2,1-4H3,(H,45,56)(H,46,47,49)(H,50,54,55). The van der Waals surface area contributed by atoms with Crippen LogP contribution in [0.5, 0.6) is 5.75 Å². The molecule has 0 radical (unpaired) electrons. The first kappa shape index (κ1) is 39.0. The molecule has 14 heteroatoms. The molecule has 4 aromatic rings. The molecule has 2 aromatic heterocycles. The Balaban J connectivity index is 0.799. The molecule has 3 amide bonds. The van der Waals surface area contributed by atoms with Crippen LogP contribution < -0.4 is 26.0 Å². The van der Waals surface area contributed by atoms with Crippen LogP contribution in [0.3, 0.4) is 0 Å². The summed E-state index contributed by atoms with van der Waals surface area (Å²) in [6.45, 7) is 12.0. The highest BCUT2D eigenvalue weighted by molar-refractivity contribution is 6.01. The van der Waals surface area contributed by atoms with Gasteiger partial charge < -0.3 is 30.1 Å². The second-order valence-electron chi connectivity index (χ2n) is 16.7. The summed E-state index contributed by atoms with van der Waals surface area (Å²) in [5, 5.41) is 16.1. The van der Waals surface area contributed by atoms with E-state index in [9.17, 15) is 14.4 Å². The Morgan fingerprint density at radius 3 is 2.60 bits per heavy atom. The summed E-state index contributed by atoms with van der Waals surface area (Å²) in [5.74, 6) is 1.89. The van der Waals surface area contributed by atoms with Gasteiger partial charge in [0.05, 0.1) is 18.3 Å². The summed E-state index contributed by atoms with van der Waals surface area (Å²) in [6.07, 6.45) is 12.7. The van der Waals surface area contributed by atoms with E-state index in [1.807, 2.05) is 58.0 Å². The van der Waals surface area contributed by atoms with Gasteiger partial charge in [-0.05, 0) is 98.6 Å². The Morgan fingerprint density at radius 1 is 1.05 bits per heavy atom. The second-order valence-corrected chi connectivity index (χ2v) is 16.7. The van der Waals surface area contributed by atoms with E-state index < -0.39 is 11.9 Å². The number of ether oxygens (including phenoxy) is 1. The number of aryl methyl sites for hydroxylation is 1. The number of carbonyl (C=O) groups is 3. The van der Waals surface area contributed by atoms with Gasteiger partial charge in [0.25, 0.3) is 0 Å². The minimum Gasteiger partial charge on any atom is -0.494 e. The number of amides is 3. The third-order valence-corrected chi connectivity index (χ3v) is 11.5. The summed E-state index contributed by atoms with van der Waals surface area (Å²) in [4.78, 5) is 52.4. The molecular formula is C44H51N9O5. The maximum atomic E-state index is 12.7. The molecule has 302 valence electrons. The molecule has 2 fully saturated rings. The zero-order valence-corrected chi connectivity index (χ0v) is 33.5. The number of anilines is 2. The van der Waals surface area contributed by atoms with Gasteiger partial charge in [0.15, 0.2) is 5.82 Å². The van der Waals surface area contributed by atoms with Crippen molar-refractivity contribution < 1.29 is 23.6 Å². The lowest BCUT2D eigenvalue weighted by Crippen LogP contribution is -2.47. The number of allylic oxidation sites excluding steroid dienone is 2. The van der Waals surface area contributed by atoms with Gasteiger partial charge in [-0.25, -0.2) is 9.97 Å². The van der Waals surface area contributed by atoms with Crippen LogP contribution in [0.25, 0.3) is 11.3 Å². The van der Waals surface area contributed by atoms with Crippen LogP contribution in [0.1, 0.15) is 92.0 Å². The van der Waals surface area contributed by atoms with Crippen LogP contribution in [-0.4, -0.2) is 81.1 Å². The third-order valence-electron chi connectivity index (χ3n) is 11.5. The number of aromatic nitrogens is 4. The van der Waals surface area contributed by atoms with E-state index in [1.54, 1.807) is 6.33 Å². The lowest BCUT2D eigenvalue weighted by Gasteiger charge is -2.34. The molecular weight excluding hydrogens is 735 g/mol. The number of hydrogen-bond donors (Lipinski definition) is 4. The van der Waals surface area contributed by atoms with Crippen molar-refractivity contribution in [3.63, 3.8) is 0 Å². The summed E-state index contributed by atoms with van der Waals surface area (Å²) in [5.41, 5.74) is 6.99. The first-order valence-electron chi connectivity index (χ1n) is 20.3. The monoisotopic (exact) mass is 785 g/mol. The van der Waals surface area contributed by atoms with Gasteiger partial charge in [-0.15, -0.1) is 0 Å². The van der Waals surface area contributed by atoms with Crippen LogP contribution in [0.2, 0.25) is 0 Å². The Labute approximate surface area is 338 Å². The molecule has 2 aromatic carbocycles. The van der Waals surface area contributed by atoms with Crippen molar-refractivity contribution in [2.45, 2.75) is 89.8 Å². The van der Waals surface area contributed by atoms with Crippen LogP contribution in [0.4, 0.5) is 11.5 Å². The molecule has 3 atom stereocenters. The fourth-order valence-electron chi connectivity index (χ4n) is 8.16. The highest BCUT2D eigenvalue weighted by Gasteiger charge is 2.36. The Kier molecular flexibility index (Phi) is 11.1. The Hall–Kier alpha value is -5.89. The first-order chi connectivity index (χ1) is 28.0. The molecule has 0 bridgehead atoms. The van der Waals surface area contributed by atoms with E-state index in [1.165, 1.54) is 5.57 Å². The van der Waals surface area contributed by atoms with Crippen molar-refractivity contribution in [1.82, 2.24) is 35.6 Å². The molecule has 58 heavy (non-hydrogen) atoms. The smallest absolute Gasteiger partial charge is 0.315 e. The van der Waals surface area contributed by atoms with Crippen molar-refractivity contribution in [3.05, 3.63) is 101 Å². The fourth-order valence-corrected chi connectivity index (χ4v) is 8.16. The van der Waals surface area contributed by atoms with E-state index in [-0.39, 0.29) is 35.1 Å². The normalized spacial score (nSPS) is 20.8. The highest BCUT2D eigenvalue weighted by atomic mass is 16.5. The number of hydrogen-bond acceptors (Lipinski definition) is 12. The number of nitrogens with zero attached hydrogens (tertiary/aromatic N) is 5. The van der Waals surface area contributed by atoms with Crippen molar-refractivity contribution >= 4 is 29.2 Å². The van der Waals surface area contributed by atoms with E-state index in [4.69, 9.17) is 14.2 Å². The third kappa shape index (κ3) is 8.66. The zero-order chi connectivity index (χ0) is 40.4. The molecule has 2 saturated heterocycles. The average molecular weight is 786 g/mol. The second kappa shape index (κ2) is 16.5. The maximum absolute atomic E-state index is 12.7. The SMILES string of the molecule is Cc1cc(-c2ncnc3c2C2C=CC(C4CCN(CCCOc5ccc(NC6CCC(=O)NC6=O)cc5)CC4)=CC2N3)ccc1CNC(=O)c1nc(C(C)(C)C)no1. The Morgan fingerprint density at radius 2 is 1.86 bits per heavy atom. The predicted molar refractivity (Wildman–Crippen MR) is 219 cm³/mol. The summed E-state index contributed by atoms with van der Waals surface area (Å²) < 4.78 is 11.2. The van der Waals surface area contributed by atoms with Crippen LogP contribution >= 0.6 is 0 Å². The summed E-state index contributed by atoms with van der Waals surface area (Å²) >= 11 is 0. The molecule has 14 nitrogen and oxygen atoms in total. The topological polar surface area (TPSA) is 176 Å². The molecule has 3 unspecified atom stereocenters. The quantitative estimate of drug-likeness (QED) is 0.100. The number of likely N-dealkylation sites (tertiary alicyclic amines) is 1. The van der Waals surface area contributed by atoms with E-state index in [2.05, 4.69) is 71.7 Å². The highest BCUT2D eigenvalue weighted by Crippen LogP contribution is 2.44. The number of carbonyl (C=O) groups excluding carboxylic acids is 3. The molecule has 5 heterocycles. The number of benzene rings is 2. The van der Waals surface area contributed by atoms with Gasteiger partial charge >= 0.3 is 11.8 Å². The first-order valence-corrected chi connectivity index (χ1v) is 20.3. The number of piperidine rings is 2. The largest absolute Gasteiger partial charge is 0.494 e. The van der Waals surface area contributed by atoms with Gasteiger partial charge in [0.1, 0.15) is 23.9 Å². The number of rotatable bonds is 12. The molecule has 0 saturated carbocycles. The van der Waals surface area contributed by atoms with Crippen molar-refractivity contribution in [2.75, 3.05) is 36.9 Å². The summed E-state index contributed by atoms with van der Waals surface area (Å²) in [6, 6.07) is 13.6. The minimum absolute atomic E-state index is 0.0381. The minimum atomic E-state index is -0.403. The van der Waals surface area contributed by atoms with Gasteiger partial charge in [0.2, 0.25) is 11.8 Å². The predicted octanol–water partition coefficient (Wildman–Crippen LogP) is 5.83. The average Bonchev–Trinajstić information content (AvgIpc) is 3.87. The van der Waals surface area contributed by atoms with Crippen LogP contribution in [0.15, 0.2) is 77.1 Å². The summed E-state index contributed by atoms with van der Waals surface area (Å²) in [7, 11) is 0. The molecule has 4 N–H and O–H groups in total. The molecule has 8 rings (SSSR count). The van der Waals surface area contributed by atoms with E-state index in [0.29, 0.717) is 37.7 Å². The molecule has 3 aliphatic heterocycles. The number of imide groups is 1. The molecule has 0 spiro atoms. The van der Waals surface area contributed by atoms with Gasteiger partial charge in [0, 0.05) is 47.7 Å². The lowest BCUT2D eigenvalue weighted by molar-refractivity contribution is -0.133. The lowest BCUT2D eigenvalue weighted by atomic mass is 9.81. The van der Waals surface area contributed by atoms with E-state index in [0.717, 1.165) is 84.1 Å². The van der Waals surface area contributed by atoms with Gasteiger partial charge in [-0.1, -0.05) is 56.3 Å². The molecule has 4 aliphatic rings. The maximum Gasteiger partial charge on any atom is 0.315 e. The van der Waals surface area contributed by atoms with Crippen molar-refractivity contribution in [2.24, 2.45) is 5.92 Å². The molecule has 1 aliphatic carbocycles. The van der Waals surface area contributed by atoms with Gasteiger partial charge in [-0.3, -0.25) is 19.7 Å².